The maximum atomic E-state index is 14.7. The van der Waals surface area contributed by atoms with Gasteiger partial charge in [-0.2, -0.15) is 5.26 Å². The summed E-state index contributed by atoms with van der Waals surface area (Å²) >= 11 is 6.12. The molecule has 0 spiro atoms. The SMILES string of the molecule is CC(=O)N(c1ccc(C(=O)O)cc1C#N)C1(n2c(-c3ccc(Cl)cc3)nc3cc(F)c(F)cc32)CCCCC1. The molecule has 0 saturated heterocycles. The van der Waals surface area contributed by atoms with Crippen molar-refractivity contribution in [3.63, 3.8) is 0 Å². The molecule has 0 radical (unpaired) electrons. The molecule has 1 aromatic heterocycles. The number of carbonyl (C=O) groups excluding carboxylic acids is 1. The highest BCUT2D eigenvalue weighted by atomic mass is 35.5. The summed E-state index contributed by atoms with van der Waals surface area (Å²) in [5.41, 5.74) is 0.0828. The molecule has 7 nitrogen and oxygen atoms in total. The normalized spacial score (nSPS) is 14.6. The number of benzene rings is 3. The second-order valence-electron chi connectivity index (χ2n) is 9.58. The summed E-state index contributed by atoms with van der Waals surface area (Å²) < 4.78 is 30.8. The number of carbonyl (C=O) groups is 2. The quantitative estimate of drug-likeness (QED) is 0.293. The van der Waals surface area contributed by atoms with Crippen LogP contribution in [0, 0.1) is 23.0 Å². The van der Waals surface area contributed by atoms with E-state index in [0.29, 0.717) is 42.1 Å². The second kappa shape index (κ2) is 10.1. The first-order valence-electron chi connectivity index (χ1n) is 12.4. The van der Waals surface area contributed by atoms with Crippen LogP contribution in [0.2, 0.25) is 5.02 Å². The van der Waals surface area contributed by atoms with Crippen LogP contribution in [0.25, 0.3) is 22.4 Å². The van der Waals surface area contributed by atoms with Gasteiger partial charge in [-0.1, -0.05) is 18.0 Å². The van der Waals surface area contributed by atoms with Gasteiger partial charge >= 0.3 is 5.97 Å². The number of hydrogen-bond acceptors (Lipinski definition) is 4. The van der Waals surface area contributed by atoms with Gasteiger partial charge in [-0.25, -0.2) is 18.6 Å². The Morgan fingerprint density at radius 1 is 1.05 bits per heavy atom. The fourth-order valence-corrected chi connectivity index (χ4v) is 5.72. The minimum atomic E-state index is -1.21. The summed E-state index contributed by atoms with van der Waals surface area (Å²) in [6, 6.07) is 15.0. The number of amides is 1. The van der Waals surface area contributed by atoms with Gasteiger partial charge in [-0.15, -0.1) is 0 Å². The van der Waals surface area contributed by atoms with Crippen LogP contribution >= 0.6 is 11.6 Å². The highest BCUT2D eigenvalue weighted by molar-refractivity contribution is 6.30. The molecule has 198 valence electrons. The van der Waals surface area contributed by atoms with Gasteiger partial charge in [0.1, 0.15) is 17.6 Å². The van der Waals surface area contributed by atoms with Gasteiger partial charge in [0.15, 0.2) is 11.6 Å². The zero-order valence-electron chi connectivity index (χ0n) is 20.9. The lowest BCUT2D eigenvalue weighted by molar-refractivity contribution is -0.119. The number of anilines is 1. The van der Waals surface area contributed by atoms with Crippen molar-refractivity contribution in [1.29, 1.82) is 5.26 Å². The number of halogens is 3. The first kappa shape index (κ1) is 26.3. The standard InChI is InChI=1S/C29H23ClF2N4O3/c1-17(37)35(25-10-7-19(28(38)39)13-20(25)16-33)29(11-3-2-4-12-29)36-26-15-23(32)22(31)14-24(26)34-27(36)18-5-8-21(30)9-6-18/h5-10,13-15H,2-4,11-12H2,1H3,(H,38,39). The van der Waals surface area contributed by atoms with Gasteiger partial charge in [0.2, 0.25) is 5.91 Å². The van der Waals surface area contributed by atoms with Crippen LogP contribution in [-0.4, -0.2) is 26.5 Å². The molecule has 5 rings (SSSR count). The van der Waals surface area contributed by atoms with E-state index in [2.05, 4.69) is 4.98 Å². The summed E-state index contributed by atoms with van der Waals surface area (Å²) in [5.74, 6) is -3.34. The average Bonchev–Trinajstić information content (AvgIpc) is 3.28. The average molecular weight is 549 g/mol. The molecular formula is C29H23ClF2N4O3. The topological polar surface area (TPSA) is 99.2 Å². The van der Waals surface area contributed by atoms with E-state index in [9.17, 15) is 28.7 Å². The Bertz CT molecular complexity index is 1650. The van der Waals surface area contributed by atoms with Gasteiger partial charge in [0.25, 0.3) is 0 Å². The van der Waals surface area contributed by atoms with E-state index in [1.54, 1.807) is 28.8 Å². The van der Waals surface area contributed by atoms with Gasteiger partial charge in [0, 0.05) is 29.6 Å². The molecule has 3 aromatic carbocycles. The van der Waals surface area contributed by atoms with Crippen molar-refractivity contribution in [2.75, 3.05) is 4.90 Å². The molecule has 0 aliphatic heterocycles. The van der Waals surface area contributed by atoms with Crippen LogP contribution in [-0.2, 0) is 10.5 Å². The van der Waals surface area contributed by atoms with Crippen LogP contribution in [0.3, 0.4) is 0 Å². The molecule has 4 aromatic rings. The predicted molar refractivity (Wildman–Crippen MR) is 142 cm³/mol. The first-order chi connectivity index (χ1) is 18.7. The maximum absolute atomic E-state index is 14.7. The number of nitriles is 1. The molecular weight excluding hydrogens is 526 g/mol. The van der Waals surface area contributed by atoms with Crippen molar-refractivity contribution in [1.82, 2.24) is 9.55 Å². The molecule has 10 heteroatoms. The second-order valence-corrected chi connectivity index (χ2v) is 10.0. The zero-order valence-corrected chi connectivity index (χ0v) is 21.7. The number of imidazole rings is 1. The Morgan fingerprint density at radius 2 is 1.72 bits per heavy atom. The van der Waals surface area contributed by atoms with Crippen molar-refractivity contribution < 1.29 is 23.5 Å². The minimum absolute atomic E-state index is 0.00439. The molecule has 1 N–H and O–H groups in total. The number of aromatic carboxylic acids is 1. The minimum Gasteiger partial charge on any atom is -0.478 e. The van der Waals surface area contributed by atoms with Crippen molar-refractivity contribution in [2.45, 2.75) is 44.7 Å². The number of aromatic nitrogens is 2. The van der Waals surface area contributed by atoms with Gasteiger partial charge in [-0.05, 0) is 68.1 Å². The Balaban J connectivity index is 1.87. The summed E-state index contributed by atoms with van der Waals surface area (Å²) in [5, 5.41) is 19.9. The maximum Gasteiger partial charge on any atom is 0.335 e. The molecule has 1 aliphatic rings. The van der Waals surface area contributed by atoms with E-state index in [1.807, 2.05) is 6.07 Å². The van der Waals surface area contributed by atoms with Crippen molar-refractivity contribution in [2.24, 2.45) is 0 Å². The van der Waals surface area contributed by atoms with E-state index in [-0.39, 0.29) is 27.8 Å². The van der Waals surface area contributed by atoms with E-state index in [1.165, 1.54) is 30.0 Å². The number of carboxylic acid groups (broad SMARTS) is 1. The third-order valence-electron chi connectivity index (χ3n) is 7.21. The molecule has 0 bridgehead atoms. The molecule has 1 fully saturated rings. The molecule has 0 atom stereocenters. The summed E-state index contributed by atoms with van der Waals surface area (Å²) in [4.78, 5) is 31.3. The van der Waals surface area contributed by atoms with E-state index in [0.717, 1.165) is 18.6 Å². The summed E-state index contributed by atoms with van der Waals surface area (Å²) in [6.45, 7) is 1.37. The Labute approximate surface area is 227 Å². The van der Waals surface area contributed by atoms with E-state index in [4.69, 9.17) is 11.6 Å². The number of rotatable bonds is 5. The smallest absolute Gasteiger partial charge is 0.335 e. The number of nitrogens with zero attached hydrogens (tertiary/aromatic N) is 4. The monoisotopic (exact) mass is 548 g/mol. The van der Waals surface area contributed by atoms with Crippen LogP contribution in [0.4, 0.5) is 14.5 Å². The Kier molecular flexibility index (Phi) is 6.83. The van der Waals surface area contributed by atoms with Crippen molar-refractivity contribution in [3.05, 3.63) is 82.4 Å². The Morgan fingerprint density at radius 3 is 2.33 bits per heavy atom. The summed E-state index contributed by atoms with van der Waals surface area (Å²) in [6.07, 6.45) is 3.18. The molecule has 1 heterocycles. The largest absolute Gasteiger partial charge is 0.478 e. The lowest BCUT2D eigenvalue weighted by Crippen LogP contribution is -2.55. The third kappa shape index (κ3) is 4.51. The fourth-order valence-electron chi connectivity index (χ4n) is 5.59. The van der Waals surface area contributed by atoms with Crippen LogP contribution in [0.1, 0.15) is 54.9 Å². The van der Waals surface area contributed by atoms with Gasteiger partial charge in [-0.3, -0.25) is 14.3 Å². The van der Waals surface area contributed by atoms with E-state index >= 15 is 0 Å². The van der Waals surface area contributed by atoms with Crippen LogP contribution in [0.15, 0.2) is 54.6 Å². The summed E-state index contributed by atoms with van der Waals surface area (Å²) in [7, 11) is 0. The van der Waals surface area contributed by atoms with Gasteiger partial charge in [0.05, 0.1) is 27.8 Å². The fraction of sp³-hybridized carbons (Fsp3) is 0.241. The third-order valence-corrected chi connectivity index (χ3v) is 7.46. The molecule has 39 heavy (non-hydrogen) atoms. The molecule has 1 aliphatic carbocycles. The lowest BCUT2D eigenvalue weighted by Gasteiger charge is -2.48. The molecule has 1 saturated carbocycles. The van der Waals surface area contributed by atoms with Crippen molar-refractivity contribution in [3.8, 4) is 17.5 Å². The predicted octanol–water partition coefficient (Wildman–Crippen LogP) is 6.87. The van der Waals surface area contributed by atoms with Crippen LogP contribution in [0.5, 0.6) is 0 Å². The first-order valence-corrected chi connectivity index (χ1v) is 12.8. The highest BCUT2D eigenvalue weighted by Crippen LogP contribution is 2.46. The van der Waals surface area contributed by atoms with E-state index < -0.39 is 29.2 Å². The molecule has 1 amide bonds. The zero-order chi connectivity index (χ0) is 27.9. The lowest BCUT2D eigenvalue weighted by atomic mass is 9.85. The number of fused-ring (bicyclic) bond motifs is 1. The highest BCUT2D eigenvalue weighted by Gasteiger charge is 2.45. The molecule has 0 unspecified atom stereocenters. The van der Waals surface area contributed by atoms with Gasteiger partial charge < -0.3 is 5.11 Å². The Hall–Kier alpha value is -4.29. The van der Waals surface area contributed by atoms with Crippen LogP contribution < -0.4 is 4.90 Å². The number of hydrogen-bond donors (Lipinski definition) is 1. The van der Waals surface area contributed by atoms with Crippen molar-refractivity contribution >= 4 is 40.2 Å². The number of carboxylic acids is 1.